The maximum atomic E-state index is 13.2. The molecule has 1 N–H and O–H groups in total. The van der Waals surface area contributed by atoms with E-state index in [4.69, 9.17) is 14.0 Å². The number of aromatic nitrogens is 5. The summed E-state index contributed by atoms with van der Waals surface area (Å²) in [7, 11) is 3.17. The molecule has 5 heterocycles. The van der Waals surface area contributed by atoms with Crippen LogP contribution in [0, 0.1) is 5.92 Å². The second-order valence-corrected chi connectivity index (χ2v) is 9.78. The molecule has 1 aliphatic heterocycles. The molecule has 1 amide bonds. The van der Waals surface area contributed by atoms with E-state index >= 15 is 0 Å². The van der Waals surface area contributed by atoms with E-state index in [0.717, 1.165) is 40.5 Å². The Morgan fingerprint density at radius 3 is 2.89 bits per heavy atom. The van der Waals surface area contributed by atoms with Crippen molar-refractivity contribution in [2.45, 2.75) is 32.2 Å². The number of benzene rings is 1. The van der Waals surface area contributed by atoms with Crippen molar-refractivity contribution in [1.29, 1.82) is 0 Å². The molecule has 5 aromatic rings. The molecule has 0 bridgehead atoms. The minimum absolute atomic E-state index is 0.0951. The number of aromatic amines is 1. The van der Waals surface area contributed by atoms with Gasteiger partial charge >= 0.3 is 0 Å². The summed E-state index contributed by atoms with van der Waals surface area (Å²) < 4.78 is 18.4. The van der Waals surface area contributed by atoms with Crippen molar-refractivity contribution in [2.24, 2.45) is 5.92 Å². The van der Waals surface area contributed by atoms with Crippen molar-refractivity contribution < 1.29 is 18.8 Å². The van der Waals surface area contributed by atoms with Gasteiger partial charge in [-0.05, 0) is 42.7 Å². The Kier molecular flexibility index (Phi) is 6.22. The quantitative estimate of drug-likeness (QED) is 0.337. The van der Waals surface area contributed by atoms with Crippen molar-refractivity contribution in [3.05, 3.63) is 54.8 Å². The number of piperidine rings is 1. The first kappa shape index (κ1) is 24.0. The van der Waals surface area contributed by atoms with Crippen molar-refractivity contribution in [1.82, 2.24) is 29.6 Å². The summed E-state index contributed by atoms with van der Waals surface area (Å²) in [5, 5.41) is 6.30. The number of nitrogens with zero attached hydrogens (tertiary/aromatic N) is 5. The molecule has 196 valence electrons. The number of carbonyl (C=O) groups is 1. The monoisotopic (exact) mass is 514 g/mol. The van der Waals surface area contributed by atoms with Gasteiger partial charge in [0.1, 0.15) is 5.65 Å². The number of hydrogen-bond donors (Lipinski definition) is 1. The van der Waals surface area contributed by atoms with E-state index in [-0.39, 0.29) is 11.9 Å². The SMILES string of the molecule is COc1ccc(-c2noc(CCC(=O)N3CC[C@@H](C)[C@@H](n4ccc5cnc6[nH]ccc6c54)C3)n2)cc1OC. The lowest BCUT2D eigenvalue weighted by Gasteiger charge is -2.38. The van der Waals surface area contributed by atoms with Gasteiger partial charge in [-0.1, -0.05) is 12.1 Å². The highest BCUT2D eigenvalue weighted by molar-refractivity contribution is 6.02. The van der Waals surface area contributed by atoms with E-state index in [2.05, 4.69) is 49.9 Å². The second kappa shape index (κ2) is 9.85. The molecule has 1 fully saturated rings. The van der Waals surface area contributed by atoms with Crippen LogP contribution >= 0.6 is 0 Å². The van der Waals surface area contributed by atoms with Crippen LogP contribution in [0.2, 0.25) is 0 Å². The number of fused-ring (bicyclic) bond motifs is 3. The summed E-state index contributed by atoms with van der Waals surface area (Å²) in [4.78, 5) is 27.4. The molecular weight excluding hydrogens is 484 g/mol. The van der Waals surface area contributed by atoms with Gasteiger partial charge < -0.3 is 28.4 Å². The molecule has 1 saturated heterocycles. The summed E-state index contributed by atoms with van der Waals surface area (Å²) in [6.07, 6.45) is 7.60. The molecule has 38 heavy (non-hydrogen) atoms. The molecular formula is C28H30N6O4. The minimum atomic E-state index is 0.0951. The van der Waals surface area contributed by atoms with E-state index in [0.29, 0.717) is 48.5 Å². The van der Waals surface area contributed by atoms with Crippen LogP contribution in [0.25, 0.3) is 33.3 Å². The Morgan fingerprint density at radius 2 is 2.05 bits per heavy atom. The third-order valence-electron chi connectivity index (χ3n) is 7.55. The van der Waals surface area contributed by atoms with E-state index in [9.17, 15) is 4.79 Å². The van der Waals surface area contributed by atoms with Crippen LogP contribution in [0.3, 0.4) is 0 Å². The predicted molar refractivity (Wildman–Crippen MR) is 142 cm³/mol. The third-order valence-corrected chi connectivity index (χ3v) is 7.55. The van der Waals surface area contributed by atoms with E-state index in [1.165, 1.54) is 0 Å². The smallest absolute Gasteiger partial charge is 0.227 e. The first-order chi connectivity index (χ1) is 18.6. The number of amides is 1. The lowest BCUT2D eigenvalue weighted by molar-refractivity contribution is -0.133. The van der Waals surface area contributed by atoms with Crippen LogP contribution in [0.5, 0.6) is 11.5 Å². The van der Waals surface area contributed by atoms with Gasteiger partial charge in [0.15, 0.2) is 11.5 Å². The van der Waals surface area contributed by atoms with Crippen molar-refractivity contribution >= 4 is 27.8 Å². The zero-order chi connectivity index (χ0) is 26.2. The normalized spacial score (nSPS) is 17.8. The van der Waals surface area contributed by atoms with Crippen LogP contribution in [0.4, 0.5) is 0 Å². The molecule has 0 saturated carbocycles. The average Bonchev–Trinajstić information content (AvgIpc) is 3.70. The second-order valence-electron chi connectivity index (χ2n) is 9.78. The molecule has 4 aromatic heterocycles. The summed E-state index contributed by atoms with van der Waals surface area (Å²) in [6.45, 7) is 3.68. The Bertz CT molecular complexity index is 1600. The lowest BCUT2D eigenvalue weighted by atomic mass is 9.92. The minimum Gasteiger partial charge on any atom is -0.493 e. The van der Waals surface area contributed by atoms with Crippen molar-refractivity contribution in [3.63, 3.8) is 0 Å². The molecule has 2 atom stereocenters. The van der Waals surface area contributed by atoms with Crippen molar-refractivity contribution in [3.8, 4) is 22.9 Å². The van der Waals surface area contributed by atoms with Gasteiger partial charge in [0.2, 0.25) is 17.6 Å². The number of H-pyrrole nitrogens is 1. The fourth-order valence-electron chi connectivity index (χ4n) is 5.39. The number of likely N-dealkylation sites (tertiary alicyclic amines) is 1. The maximum absolute atomic E-state index is 13.2. The highest BCUT2D eigenvalue weighted by atomic mass is 16.5. The largest absolute Gasteiger partial charge is 0.493 e. The van der Waals surface area contributed by atoms with Gasteiger partial charge in [0.05, 0.1) is 25.8 Å². The molecule has 10 heteroatoms. The summed E-state index contributed by atoms with van der Waals surface area (Å²) in [5.41, 5.74) is 2.79. The van der Waals surface area contributed by atoms with Crippen LogP contribution < -0.4 is 9.47 Å². The van der Waals surface area contributed by atoms with Gasteiger partial charge in [0.25, 0.3) is 0 Å². The summed E-state index contributed by atoms with van der Waals surface area (Å²) >= 11 is 0. The number of methoxy groups -OCH3 is 2. The molecule has 1 aromatic carbocycles. The molecule has 10 nitrogen and oxygen atoms in total. The Morgan fingerprint density at radius 1 is 1.18 bits per heavy atom. The summed E-state index contributed by atoms with van der Waals surface area (Å²) in [5.74, 6) is 2.63. The fourth-order valence-corrected chi connectivity index (χ4v) is 5.39. The van der Waals surface area contributed by atoms with Crippen LogP contribution in [0.1, 0.15) is 31.7 Å². The Labute approximate surface area is 219 Å². The highest BCUT2D eigenvalue weighted by Crippen LogP contribution is 2.34. The third kappa shape index (κ3) is 4.25. The van der Waals surface area contributed by atoms with Gasteiger partial charge in [-0.3, -0.25) is 4.79 Å². The number of rotatable bonds is 7. The number of carbonyl (C=O) groups excluding carboxylic acids is 1. The zero-order valence-electron chi connectivity index (χ0n) is 21.7. The number of pyridine rings is 1. The fraction of sp³-hybridized carbons (Fsp3) is 0.357. The topological polar surface area (TPSA) is 111 Å². The zero-order valence-corrected chi connectivity index (χ0v) is 21.7. The van der Waals surface area contributed by atoms with Gasteiger partial charge in [-0.15, -0.1) is 0 Å². The molecule has 0 spiro atoms. The van der Waals surface area contributed by atoms with Crippen LogP contribution in [-0.2, 0) is 11.2 Å². The van der Waals surface area contributed by atoms with Crippen molar-refractivity contribution in [2.75, 3.05) is 27.3 Å². The molecule has 0 unspecified atom stereocenters. The number of ether oxygens (including phenoxy) is 2. The molecule has 1 aliphatic rings. The van der Waals surface area contributed by atoms with Crippen LogP contribution in [0.15, 0.2) is 53.4 Å². The molecule has 0 radical (unpaired) electrons. The van der Waals surface area contributed by atoms with E-state index in [1.54, 1.807) is 26.4 Å². The number of aryl methyl sites for hydroxylation is 1. The summed E-state index contributed by atoms with van der Waals surface area (Å²) in [6, 6.07) is 9.80. The Balaban J connectivity index is 1.14. The molecule has 6 rings (SSSR count). The number of hydrogen-bond acceptors (Lipinski definition) is 7. The van der Waals surface area contributed by atoms with Gasteiger partial charge in [-0.2, -0.15) is 4.98 Å². The number of nitrogens with one attached hydrogen (secondary N) is 1. The maximum Gasteiger partial charge on any atom is 0.227 e. The first-order valence-electron chi connectivity index (χ1n) is 12.8. The van der Waals surface area contributed by atoms with Gasteiger partial charge in [0, 0.05) is 60.9 Å². The first-order valence-corrected chi connectivity index (χ1v) is 12.8. The lowest BCUT2D eigenvalue weighted by Crippen LogP contribution is -2.43. The molecule has 0 aliphatic carbocycles. The standard InChI is InChI=1S/C28H30N6O4/c1-17-9-12-33(16-21(17)34-13-10-19-15-30-28-20(26(19)34)8-11-29-28)25(35)7-6-24-31-27(32-38-24)18-4-5-22(36-2)23(14-18)37-3/h4-5,8,10-11,13-15,17,21H,6-7,9,12,16H2,1-3H3,(H,29,30)/t17-,21+/m1/s1. The van der Waals surface area contributed by atoms with Crippen LogP contribution in [-0.4, -0.2) is 62.8 Å². The van der Waals surface area contributed by atoms with E-state index in [1.807, 2.05) is 23.4 Å². The highest BCUT2D eigenvalue weighted by Gasteiger charge is 2.31. The van der Waals surface area contributed by atoms with Gasteiger partial charge in [-0.25, -0.2) is 4.98 Å². The Hall–Kier alpha value is -4.34. The van der Waals surface area contributed by atoms with E-state index < -0.39 is 0 Å². The average molecular weight is 515 g/mol. The predicted octanol–water partition coefficient (Wildman–Crippen LogP) is 4.63.